The summed E-state index contributed by atoms with van der Waals surface area (Å²) in [6.07, 6.45) is 6.58. The van der Waals surface area contributed by atoms with Crippen LogP contribution in [-0.4, -0.2) is 10.9 Å². The van der Waals surface area contributed by atoms with Crippen molar-refractivity contribution in [3.63, 3.8) is 0 Å². The Morgan fingerprint density at radius 2 is 2.11 bits per heavy atom. The molecule has 0 atom stereocenters. The van der Waals surface area contributed by atoms with Gasteiger partial charge in [-0.25, -0.2) is 0 Å². The van der Waals surface area contributed by atoms with Crippen molar-refractivity contribution in [2.24, 2.45) is 0 Å². The number of benzene rings is 1. The number of aromatic nitrogens is 1. The van der Waals surface area contributed by atoms with E-state index in [1.165, 1.54) is 6.08 Å². The van der Waals surface area contributed by atoms with Crippen molar-refractivity contribution in [2.45, 2.75) is 6.54 Å². The molecule has 1 aromatic carbocycles. The smallest absolute Gasteiger partial charge is 0.244 e. The molecular weight excluding hydrogens is 260 g/mol. The van der Waals surface area contributed by atoms with Gasteiger partial charge in [-0.2, -0.15) is 0 Å². The zero-order valence-electron chi connectivity index (χ0n) is 10.2. The molecule has 3 nitrogen and oxygen atoms in total. The van der Waals surface area contributed by atoms with Gasteiger partial charge in [-0.3, -0.25) is 9.78 Å². The van der Waals surface area contributed by atoms with Crippen LogP contribution in [-0.2, 0) is 11.3 Å². The van der Waals surface area contributed by atoms with E-state index in [9.17, 15) is 4.79 Å². The lowest BCUT2D eigenvalue weighted by Crippen LogP contribution is -2.20. The number of amides is 1. The molecule has 2 aromatic rings. The number of nitrogens with zero attached hydrogens (tertiary/aromatic N) is 1. The standard InChI is InChI=1S/C15H13ClN2O/c16-14-6-2-1-5-13(14)7-8-15(19)18-11-12-4-3-9-17-10-12/h1-10H,11H2,(H,18,19)/b8-7-. The van der Waals surface area contributed by atoms with Crippen molar-refractivity contribution in [3.05, 3.63) is 71.0 Å². The first-order chi connectivity index (χ1) is 9.25. The van der Waals surface area contributed by atoms with Gasteiger partial charge in [0, 0.05) is 30.0 Å². The summed E-state index contributed by atoms with van der Waals surface area (Å²) < 4.78 is 0. The Bertz CT molecular complexity index is 582. The van der Waals surface area contributed by atoms with E-state index in [1.807, 2.05) is 30.3 Å². The van der Waals surface area contributed by atoms with Gasteiger partial charge >= 0.3 is 0 Å². The molecule has 0 aliphatic heterocycles. The highest BCUT2D eigenvalue weighted by Crippen LogP contribution is 2.15. The second-order valence-electron chi connectivity index (χ2n) is 3.93. The molecule has 0 saturated heterocycles. The molecule has 19 heavy (non-hydrogen) atoms. The molecule has 0 saturated carbocycles. The van der Waals surface area contributed by atoms with Crippen molar-refractivity contribution in [1.29, 1.82) is 0 Å². The quantitative estimate of drug-likeness (QED) is 0.869. The summed E-state index contributed by atoms with van der Waals surface area (Å²) in [7, 11) is 0. The third kappa shape index (κ3) is 4.23. The van der Waals surface area contributed by atoms with Crippen LogP contribution in [0.2, 0.25) is 5.02 Å². The average molecular weight is 273 g/mol. The van der Waals surface area contributed by atoms with Crippen LogP contribution in [0.3, 0.4) is 0 Å². The first kappa shape index (κ1) is 13.3. The van der Waals surface area contributed by atoms with Gasteiger partial charge in [-0.15, -0.1) is 0 Å². The lowest BCUT2D eigenvalue weighted by molar-refractivity contribution is -0.116. The second-order valence-corrected chi connectivity index (χ2v) is 4.34. The lowest BCUT2D eigenvalue weighted by Gasteiger charge is -2.01. The number of rotatable bonds is 4. The van der Waals surface area contributed by atoms with Gasteiger partial charge in [0.05, 0.1) is 0 Å². The molecule has 96 valence electrons. The van der Waals surface area contributed by atoms with Crippen LogP contribution in [0.5, 0.6) is 0 Å². The Morgan fingerprint density at radius 1 is 1.26 bits per heavy atom. The highest BCUT2D eigenvalue weighted by atomic mass is 35.5. The summed E-state index contributed by atoms with van der Waals surface area (Å²) in [6, 6.07) is 11.1. The highest BCUT2D eigenvalue weighted by Gasteiger charge is 1.98. The lowest BCUT2D eigenvalue weighted by atomic mass is 10.2. The zero-order chi connectivity index (χ0) is 13.5. The largest absolute Gasteiger partial charge is 0.348 e. The molecule has 0 fully saturated rings. The van der Waals surface area contributed by atoms with Crippen LogP contribution in [0, 0.1) is 0 Å². The van der Waals surface area contributed by atoms with E-state index < -0.39 is 0 Å². The number of carbonyl (C=O) groups excluding carboxylic acids is 1. The van der Waals surface area contributed by atoms with Gasteiger partial charge in [-0.05, 0) is 29.3 Å². The van der Waals surface area contributed by atoms with Gasteiger partial charge in [0.1, 0.15) is 0 Å². The van der Waals surface area contributed by atoms with Crippen molar-refractivity contribution in [1.82, 2.24) is 10.3 Å². The van der Waals surface area contributed by atoms with Crippen molar-refractivity contribution >= 4 is 23.6 Å². The van der Waals surface area contributed by atoms with Gasteiger partial charge in [-0.1, -0.05) is 35.9 Å². The topological polar surface area (TPSA) is 42.0 Å². The molecule has 1 N–H and O–H groups in total. The minimum Gasteiger partial charge on any atom is -0.348 e. The van der Waals surface area contributed by atoms with Crippen molar-refractivity contribution in [3.8, 4) is 0 Å². The summed E-state index contributed by atoms with van der Waals surface area (Å²) in [5.41, 5.74) is 1.78. The fourth-order valence-electron chi connectivity index (χ4n) is 1.53. The van der Waals surface area contributed by atoms with Crippen LogP contribution in [0.15, 0.2) is 54.9 Å². The number of nitrogens with one attached hydrogen (secondary N) is 1. The summed E-state index contributed by atoms with van der Waals surface area (Å²) in [4.78, 5) is 15.6. The van der Waals surface area contributed by atoms with Crippen LogP contribution >= 0.6 is 11.6 Å². The molecule has 4 heteroatoms. The predicted octanol–water partition coefficient (Wildman–Crippen LogP) is 3.06. The number of hydrogen-bond donors (Lipinski definition) is 1. The Kier molecular flexibility index (Phi) is 4.70. The molecule has 0 bridgehead atoms. The third-order valence-electron chi connectivity index (χ3n) is 2.51. The normalized spacial score (nSPS) is 10.6. The number of halogens is 1. The first-order valence-corrected chi connectivity index (χ1v) is 6.23. The maximum Gasteiger partial charge on any atom is 0.244 e. The van der Waals surface area contributed by atoms with Crippen molar-refractivity contribution < 1.29 is 4.79 Å². The minimum absolute atomic E-state index is 0.163. The summed E-state index contributed by atoms with van der Waals surface area (Å²) in [6.45, 7) is 0.458. The molecular formula is C15H13ClN2O. The summed E-state index contributed by atoms with van der Waals surface area (Å²) in [5.74, 6) is -0.163. The van der Waals surface area contributed by atoms with Crippen molar-refractivity contribution in [2.75, 3.05) is 0 Å². The molecule has 1 heterocycles. The maximum atomic E-state index is 11.6. The fourth-order valence-corrected chi connectivity index (χ4v) is 1.73. The Morgan fingerprint density at radius 3 is 2.84 bits per heavy atom. The van der Waals surface area contributed by atoms with Crippen LogP contribution < -0.4 is 5.32 Å². The monoisotopic (exact) mass is 272 g/mol. The summed E-state index contributed by atoms with van der Waals surface area (Å²) in [5, 5.41) is 3.40. The fraction of sp³-hybridized carbons (Fsp3) is 0.0667. The Labute approximate surface area is 116 Å². The number of carbonyl (C=O) groups is 1. The van der Waals surface area contributed by atoms with Gasteiger partial charge in [0.2, 0.25) is 5.91 Å². The average Bonchev–Trinajstić information content (AvgIpc) is 2.45. The zero-order valence-corrected chi connectivity index (χ0v) is 11.0. The van der Waals surface area contributed by atoms with E-state index in [-0.39, 0.29) is 5.91 Å². The Balaban J connectivity index is 1.90. The molecule has 0 aliphatic carbocycles. The van der Waals surface area contributed by atoms with E-state index in [1.54, 1.807) is 24.5 Å². The van der Waals surface area contributed by atoms with E-state index in [2.05, 4.69) is 10.3 Å². The molecule has 1 aromatic heterocycles. The van der Waals surface area contributed by atoms with Gasteiger partial charge < -0.3 is 5.32 Å². The molecule has 0 radical (unpaired) electrons. The van der Waals surface area contributed by atoms with E-state index in [4.69, 9.17) is 11.6 Å². The van der Waals surface area contributed by atoms with Gasteiger partial charge in [0.15, 0.2) is 0 Å². The summed E-state index contributed by atoms with van der Waals surface area (Å²) >= 11 is 5.99. The predicted molar refractivity (Wildman–Crippen MR) is 76.6 cm³/mol. The first-order valence-electron chi connectivity index (χ1n) is 5.85. The molecule has 0 aliphatic rings. The van der Waals surface area contributed by atoms with Crippen LogP contribution in [0.4, 0.5) is 0 Å². The number of hydrogen-bond acceptors (Lipinski definition) is 2. The molecule has 0 unspecified atom stereocenters. The van der Waals surface area contributed by atoms with E-state index in [0.717, 1.165) is 11.1 Å². The second kappa shape index (κ2) is 6.71. The number of pyridine rings is 1. The van der Waals surface area contributed by atoms with Gasteiger partial charge in [0.25, 0.3) is 0 Å². The minimum atomic E-state index is -0.163. The van der Waals surface area contributed by atoms with Crippen LogP contribution in [0.1, 0.15) is 11.1 Å². The van der Waals surface area contributed by atoms with E-state index >= 15 is 0 Å². The Hall–Kier alpha value is -2.13. The SMILES string of the molecule is O=C(/C=C\c1ccccc1Cl)NCc1cccnc1. The molecule has 2 rings (SSSR count). The highest BCUT2D eigenvalue weighted by molar-refractivity contribution is 6.32. The molecule has 0 spiro atoms. The van der Waals surface area contributed by atoms with E-state index in [0.29, 0.717) is 11.6 Å². The third-order valence-corrected chi connectivity index (χ3v) is 2.85. The maximum absolute atomic E-state index is 11.6. The van der Waals surface area contributed by atoms with Crippen LogP contribution in [0.25, 0.3) is 6.08 Å². The molecule has 1 amide bonds.